The van der Waals surface area contributed by atoms with E-state index in [0.717, 1.165) is 5.92 Å². The van der Waals surface area contributed by atoms with Crippen molar-refractivity contribution in [2.45, 2.75) is 77.2 Å². The summed E-state index contributed by atoms with van der Waals surface area (Å²) in [5.41, 5.74) is 1.47. The van der Waals surface area contributed by atoms with Crippen LogP contribution in [0.5, 0.6) is 0 Å². The number of rotatable bonds is 2. The largest absolute Gasteiger partial charge is 0.291 e. The van der Waals surface area contributed by atoms with Crippen LogP contribution in [0, 0.1) is 5.92 Å². The molecule has 0 radical (unpaired) electrons. The summed E-state index contributed by atoms with van der Waals surface area (Å²) in [5.74, 6) is 0.834. The highest BCUT2D eigenvalue weighted by atomic mass is 14.8. The van der Waals surface area contributed by atoms with Gasteiger partial charge in [0.1, 0.15) is 0 Å². The molecule has 0 amide bonds. The average molecular weight is 207 g/mol. The Kier molecular flexibility index (Phi) is 4.22. The standard InChI is InChI=1S/C14H25N/c1-12(13-8-4-2-5-9-13)15-14-10-6-3-7-11-14/h13-14H,2-11H2,1H3. The lowest BCUT2D eigenvalue weighted by atomic mass is 9.86. The summed E-state index contributed by atoms with van der Waals surface area (Å²) < 4.78 is 0. The van der Waals surface area contributed by atoms with Crippen molar-refractivity contribution in [1.82, 2.24) is 0 Å². The van der Waals surface area contributed by atoms with Gasteiger partial charge in [0.15, 0.2) is 0 Å². The Morgan fingerprint density at radius 2 is 1.33 bits per heavy atom. The predicted octanol–water partition coefficient (Wildman–Crippen LogP) is 4.36. The number of hydrogen-bond donors (Lipinski definition) is 0. The Hall–Kier alpha value is -0.330. The number of hydrogen-bond acceptors (Lipinski definition) is 1. The predicted molar refractivity (Wildman–Crippen MR) is 66.6 cm³/mol. The zero-order chi connectivity index (χ0) is 10.5. The van der Waals surface area contributed by atoms with Crippen LogP contribution >= 0.6 is 0 Å². The highest BCUT2D eigenvalue weighted by molar-refractivity contribution is 5.84. The summed E-state index contributed by atoms with van der Waals surface area (Å²) >= 11 is 0. The Bertz CT molecular complexity index is 207. The molecule has 2 aliphatic carbocycles. The molecule has 0 N–H and O–H groups in total. The minimum Gasteiger partial charge on any atom is -0.291 e. The van der Waals surface area contributed by atoms with Gasteiger partial charge in [0.05, 0.1) is 0 Å². The molecular weight excluding hydrogens is 182 g/mol. The average Bonchev–Trinajstić information content (AvgIpc) is 2.31. The Labute approximate surface area is 94.4 Å². The summed E-state index contributed by atoms with van der Waals surface area (Å²) in [6.45, 7) is 2.28. The van der Waals surface area contributed by atoms with E-state index in [9.17, 15) is 0 Å². The first-order chi connectivity index (χ1) is 7.36. The molecule has 0 aliphatic heterocycles. The zero-order valence-corrected chi connectivity index (χ0v) is 10.2. The van der Waals surface area contributed by atoms with Crippen LogP contribution in [0.4, 0.5) is 0 Å². The van der Waals surface area contributed by atoms with E-state index in [1.807, 2.05) is 0 Å². The first kappa shape index (κ1) is 11.2. The quantitative estimate of drug-likeness (QED) is 0.597. The Balaban J connectivity index is 1.86. The van der Waals surface area contributed by atoms with Crippen molar-refractivity contribution < 1.29 is 0 Å². The van der Waals surface area contributed by atoms with E-state index < -0.39 is 0 Å². The van der Waals surface area contributed by atoms with E-state index in [1.54, 1.807) is 0 Å². The highest BCUT2D eigenvalue weighted by Gasteiger charge is 2.18. The van der Waals surface area contributed by atoms with Crippen molar-refractivity contribution in [2.24, 2.45) is 10.9 Å². The minimum atomic E-state index is 0.681. The molecule has 0 atom stereocenters. The molecule has 1 heteroatoms. The maximum Gasteiger partial charge on any atom is 0.0499 e. The summed E-state index contributed by atoms with van der Waals surface area (Å²) in [7, 11) is 0. The first-order valence-corrected chi connectivity index (χ1v) is 6.90. The fourth-order valence-corrected chi connectivity index (χ4v) is 3.12. The van der Waals surface area contributed by atoms with Gasteiger partial charge < -0.3 is 0 Å². The lowest BCUT2D eigenvalue weighted by Gasteiger charge is -2.24. The molecule has 2 rings (SSSR count). The van der Waals surface area contributed by atoms with Gasteiger partial charge in [0.2, 0.25) is 0 Å². The number of nitrogens with zero attached hydrogens (tertiary/aromatic N) is 1. The second-order valence-electron chi connectivity index (χ2n) is 5.40. The van der Waals surface area contributed by atoms with Crippen LogP contribution < -0.4 is 0 Å². The lowest BCUT2D eigenvalue weighted by Crippen LogP contribution is -2.19. The second kappa shape index (κ2) is 5.67. The summed E-state index contributed by atoms with van der Waals surface area (Å²) in [6.07, 6.45) is 14.1. The molecule has 0 aromatic heterocycles. The van der Waals surface area contributed by atoms with E-state index in [4.69, 9.17) is 4.99 Å². The normalized spacial score (nSPS) is 26.9. The van der Waals surface area contributed by atoms with E-state index >= 15 is 0 Å². The van der Waals surface area contributed by atoms with Crippen LogP contribution in [0.15, 0.2) is 4.99 Å². The van der Waals surface area contributed by atoms with Gasteiger partial charge in [0.25, 0.3) is 0 Å². The van der Waals surface area contributed by atoms with Crippen molar-refractivity contribution >= 4 is 5.71 Å². The Morgan fingerprint density at radius 3 is 1.93 bits per heavy atom. The third kappa shape index (κ3) is 3.32. The zero-order valence-electron chi connectivity index (χ0n) is 10.2. The molecule has 0 aromatic rings. The molecule has 0 saturated heterocycles. The van der Waals surface area contributed by atoms with Crippen LogP contribution in [-0.4, -0.2) is 11.8 Å². The summed E-state index contributed by atoms with van der Waals surface area (Å²) in [4.78, 5) is 4.98. The molecule has 2 aliphatic rings. The molecule has 0 heterocycles. The molecule has 0 spiro atoms. The fraction of sp³-hybridized carbons (Fsp3) is 0.929. The van der Waals surface area contributed by atoms with E-state index in [2.05, 4.69) is 6.92 Å². The van der Waals surface area contributed by atoms with Crippen molar-refractivity contribution in [3.05, 3.63) is 0 Å². The van der Waals surface area contributed by atoms with Crippen molar-refractivity contribution in [1.29, 1.82) is 0 Å². The Morgan fingerprint density at radius 1 is 0.800 bits per heavy atom. The van der Waals surface area contributed by atoms with Crippen LogP contribution in [0.25, 0.3) is 0 Å². The maximum atomic E-state index is 4.98. The van der Waals surface area contributed by atoms with Gasteiger partial charge in [0, 0.05) is 11.8 Å². The monoisotopic (exact) mass is 207 g/mol. The maximum absolute atomic E-state index is 4.98. The SMILES string of the molecule is CC(=NC1CCCCC1)C1CCCCC1. The van der Waals surface area contributed by atoms with Gasteiger partial charge in [-0.05, 0) is 38.5 Å². The molecule has 86 valence electrons. The third-order valence-corrected chi connectivity index (χ3v) is 4.16. The molecule has 0 bridgehead atoms. The minimum absolute atomic E-state index is 0.681. The smallest absolute Gasteiger partial charge is 0.0499 e. The molecule has 0 aromatic carbocycles. The highest BCUT2D eigenvalue weighted by Crippen LogP contribution is 2.27. The first-order valence-electron chi connectivity index (χ1n) is 6.90. The van der Waals surface area contributed by atoms with Gasteiger partial charge in [-0.3, -0.25) is 4.99 Å². The van der Waals surface area contributed by atoms with Crippen LogP contribution in [0.2, 0.25) is 0 Å². The molecule has 2 fully saturated rings. The summed E-state index contributed by atoms with van der Waals surface area (Å²) in [5, 5.41) is 0. The fourth-order valence-electron chi connectivity index (χ4n) is 3.12. The van der Waals surface area contributed by atoms with Crippen LogP contribution in [0.1, 0.15) is 71.1 Å². The van der Waals surface area contributed by atoms with Crippen LogP contribution in [-0.2, 0) is 0 Å². The van der Waals surface area contributed by atoms with Crippen molar-refractivity contribution in [2.75, 3.05) is 0 Å². The lowest BCUT2D eigenvalue weighted by molar-refractivity contribution is 0.421. The molecule has 1 nitrogen and oxygen atoms in total. The van der Waals surface area contributed by atoms with Gasteiger partial charge in [-0.25, -0.2) is 0 Å². The van der Waals surface area contributed by atoms with E-state index in [0.29, 0.717) is 6.04 Å². The number of aliphatic imine (C=N–C) groups is 1. The second-order valence-corrected chi connectivity index (χ2v) is 5.40. The van der Waals surface area contributed by atoms with Crippen LogP contribution in [0.3, 0.4) is 0 Å². The van der Waals surface area contributed by atoms with E-state index in [-0.39, 0.29) is 0 Å². The molecular formula is C14H25N. The summed E-state index contributed by atoms with van der Waals surface area (Å²) in [6, 6.07) is 0.681. The van der Waals surface area contributed by atoms with Gasteiger partial charge in [-0.1, -0.05) is 38.5 Å². The topological polar surface area (TPSA) is 12.4 Å². The molecule has 0 unspecified atom stereocenters. The van der Waals surface area contributed by atoms with E-state index in [1.165, 1.54) is 69.9 Å². The van der Waals surface area contributed by atoms with Gasteiger partial charge in [-0.15, -0.1) is 0 Å². The van der Waals surface area contributed by atoms with Gasteiger partial charge in [-0.2, -0.15) is 0 Å². The van der Waals surface area contributed by atoms with Crippen molar-refractivity contribution in [3.63, 3.8) is 0 Å². The molecule has 15 heavy (non-hydrogen) atoms. The van der Waals surface area contributed by atoms with Crippen molar-refractivity contribution in [3.8, 4) is 0 Å². The van der Waals surface area contributed by atoms with Gasteiger partial charge >= 0.3 is 0 Å². The third-order valence-electron chi connectivity index (χ3n) is 4.16. The molecule has 2 saturated carbocycles.